The third kappa shape index (κ3) is 5.47. The summed E-state index contributed by atoms with van der Waals surface area (Å²) in [5.41, 5.74) is 5.66. The summed E-state index contributed by atoms with van der Waals surface area (Å²) in [6.07, 6.45) is 1.28. The van der Waals surface area contributed by atoms with Gasteiger partial charge >= 0.3 is 0 Å². The number of primary amides is 1. The molecule has 2 amide bonds. The smallest absolute Gasteiger partial charge is 0.288 e. The zero-order valence-corrected chi connectivity index (χ0v) is 13.3. The first-order valence-electron chi connectivity index (χ1n) is 7.31. The summed E-state index contributed by atoms with van der Waals surface area (Å²) in [5, 5.41) is 2.67. The van der Waals surface area contributed by atoms with Gasteiger partial charge in [0.2, 0.25) is 11.8 Å². The highest BCUT2D eigenvalue weighted by atomic mass is 32.2. The van der Waals surface area contributed by atoms with Crippen molar-refractivity contribution in [3.8, 4) is 0 Å². The molecule has 23 heavy (non-hydrogen) atoms. The van der Waals surface area contributed by atoms with Crippen LogP contribution in [0.4, 0.5) is 14.5 Å². The van der Waals surface area contributed by atoms with Crippen LogP contribution in [0.25, 0.3) is 0 Å². The topological polar surface area (TPSA) is 75.4 Å². The molecular weight excluding hydrogens is 324 g/mol. The molecule has 1 aliphatic rings. The van der Waals surface area contributed by atoms with Crippen molar-refractivity contribution in [1.82, 2.24) is 4.90 Å². The molecule has 1 aromatic carbocycles. The summed E-state index contributed by atoms with van der Waals surface area (Å²) in [6, 6.07) is 6.48. The first-order valence-corrected chi connectivity index (χ1v) is 8.19. The summed E-state index contributed by atoms with van der Waals surface area (Å²) >= 11 is 0.404. The number of benzene rings is 1. The Bertz CT molecular complexity index is 563. The summed E-state index contributed by atoms with van der Waals surface area (Å²) in [6.45, 7) is 1.40. The molecule has 0 atom stereocenters. The number of thioether (sulfide) groups is 1. The van der Waals surface area contributed by atoms with Gasteiger partial charge in [-0.3, -0.25) is 14.5 Å². The number of nitrogens with two attached hydrogens (primary N) is 1. The minimum Gasteiger partial charge on any atom is -0.369 e. The standard InChI is InChI=1S/C15H19F2N3O2S/c16-15(17)23-12-4-2-1-3-11(12)19-13(21)9-20-7-5-10(6-8-20)14(18)22/h1-4,10,15H,5-9H2,(H2,18,22)(H,19,21). The van der Waals surface area contributed by atoms with E-state index in [4.69, 9.17) is 5.73 Å². The number of piperidine rings is 1. The number of para-hydroxylation sites is 1. The Morgan fingerprint density at radius 3 is 2.57 bits per heavy atom. The second-order valence-corrected chi connectivity index (χ2v) is 6.41. The van der Waals surface area contributed by atoms with E-state index >= 15 is 0 Å². The molecule has 1 heterocycles. The van der Waals surface area contributed by atoms with Crippen LogP contribution in [0.2, 0.25) is 0 Å². The van der Waals surface area contributed by atoms with Crippen LogP contribution in [0.3, 0.4) is 0 Å². The lowest BCUT2D eigenvalue weighted by molar-refractivity contribution is -0.123. The lowest BCUT2D eigenvalue weighted by atomic mass is 9.96. The van der Waals surface area contributed by atoms with Gasteiger partial charge in [0.05, 0.1) is 12.2 Å². The molecular formula is C15H19F2N3O2S. The van der Waals surface area contributed by atoms with Gasteiger partial charge in [-0.2, -0.15) is 8.78 Å². The minimum atomic E-state index is -2.54. The summed E-state index contributed by atoms with van der Waals surface area (Å²) < 4.78 is 25.0. The van der Waals surface area contributed by atoms with Crippen molar-refractivity contribution in [3.63, 3.8) is 0 Å². The lowest BCUT2D eigenvalue weighted by Gasteiger charge is -2.29. The first-order chi connectivity index (χ1) is 11.0. The SMILES string of the molecule is NC(=O)C1CCN(CC(=O)Nc2ccccc2SC(F)F)CC1. The van der Waals surface area contributed by atoms with Crippen LogP contribution < -0.4 is 11.1 Å². The number of hydrogen-bond acceptors (Lipinski definition) is 4. The maximum atomic E-state index is 12.5. The van der Waals surface area contributed by atoms with Crippen LogP contribution in [0.1, 0.15) is 12.8 Å². The predicted octanol–water partition coefficient (Wildman–Crippen LogP) is 2.14. The molecule has 0 radical (unpaired) electrons. The van der Waals surface area contributed by atoms with E-state index in [1.54, 1.807) is 24.3 Å². The molecule has 0 unspecified atom stereocenters. The van der Waals surface area contributed by atoms with E-state index in [1.165, 1.54) is 0 Å². The first kappa shape index (κ1) is 17.7. The number of alkyl halides is 2. The fourth-order valence-corrected chi connectivity index (χ4v) is 3.13. The number of amides is 2. The number of nitrogens with one attached hydrogen (secondary N) is 1. The zero-order valence-electron chi connectivity index (χ0n) is 12.5. The molecule has 5 nitrogen and oxygen atoms in total. The fourth-order valence-electron chi connectivity index (χ4n) is 2.54. The summed E-state index contributed by atoms with van der Waals surface area (Å²) in [7, 11) is 0. The third-order valence-corrected chi connectivity index (χ3v) is 4.52. The molecule has 0 aliphatic carbocycles. The monoisotopic (exact) mass is 343 g/mol. The van der Waals surface area contributed by atoms with Gasteiger partial charge in [0, 0.05) is 10.8 Å². The van der Waals surface area contributed by atoms with Crippen LogP contribution >= 0.6 is 11.8 Å². The molecule has 1 aromatic rings. The van der Waals surface area contributed by atoms with Crippen LogP contribution in [0.15, 0.2) is 29.2 Å². The summed E-state index contributed by atoms with van der Waals surface area (Å²) in [4.78, 5) is 25.5. The van der Waals surface area contributed by atoms with E-state index in [1.807, 2.05) is 4.90 Å². The van der Waals surface area contributed by atoms with E-state index in [0.717, 1.165) is 0 Å². The van der Waals surface area contributed by atoms with Crippen molar-refractivity contribution in [2.24, 2.45) is 11.7 Å². The Labute approximate surface area is 137 Å². The van der Waals surface area contributed by atoms with Gasteiger partial charge in [0.1, 0.15) is 0 Å². The maximum Gasteiger partial charge on any atom is 0.288 e. The molecule has 0 saturated carbocycles. The Morgan fingerprint density at radius 2 is 1.96 bits per heavy atom. The molecule has 126 valence electrons. The number of carbonyl (C=O) groups excluding carboxylic acids is 2. The molecule has 0 aromatic heterocycles. The van der Waals surface area contributed by atoms with Gasteiger partial charge in [0.25, 0.3) is 5.76 Å². The Hall–Kier alpha value is -1.67. The third-order valence-electron chi connectivity index (χ3n) is 3.73. The predicted molar refractivity (Wildman–Crippen MR) is 85.3 cm³/mol. The van der Waals surface area contributed by atoms with Crippen LogP contribution in [-0.4, -0.2) is 42.1 Å². The Kier molecular flexibility index (Phi) is 6.35. The molecule has 2 rings (SSSR count). The quantitative estimate of drug-likeness (QED) is 0.776. The van der Waals surface area contributed by atoms with E-state index < -0.39 is 5.76 Å². The van der Waals surface area contributed by atoms with Crippen LogP contribution in [0.5, 0.6) is 0 Å². The van der Waals surface area contributed by atoms with Crippen LogP contribution in [0, 0.1) is 5.92 Å². The largest absolute Gasteiger partial charge is 0.369 e. The minimum absolute atomic E-state index is 0.127. The van der Waals surface area contributed by atoms with E-state index in [-0.39, 0.29) is 24.3 Å². The Balaban J connectivity index is 1.87. The second kappa shape index (κ2) is 8.26. The highest BCUT2D eigenvalue weighted by molar-refractivity contribution is 7.99. The van der Waals surface area contributed by atoms with Crippen molar-refractivity contribution in [2.45, 2.75) is 23.5 Å². The van der Waals surface area contributed by atoms with Gasteiger partial charge in [-0.05, 0) is 38.1 Å². The number of halogens is 2. The van der Waals surface area contributed by atoms with Crippen molar-refractivity contribution in [1.29, 1.82) is 0 Å². The molecule has 1 fully saturated rings. The van der Waals surface area contributed by atoms with Crippen molar-refractivity contribution >= 4 is 29.3 Å². The normalized spacial score (nSPS) is 16.5. The molecule has 1 aliphatic heterocycles. The maximum absolute atomic E-state index is 12.5. The highest BCUT2D eigenvalue weighted by Gasteiger charge is 2.24. The molecule has 3 N–H and O–H groups in total. The molecule has 0 bridgehead atoms. The van der Waals surface area contributed by atoms with E-state index in [0.29, 0.717) is 48.3 Å². The second-order valence-electron chi connectivity index (χ2n) is 5.38. The van der Waals surface area contributed by atoms with Gasteiger partial charge in [-0.1, -0.05) is 23.9 Å². The van der Waals surface area contributed by atoms with Crippen molar-refractivity contribution in [3.05, 3.63) is 24.3 Å². The van der Waals surface area contributed by atoms with Gasteiger partial charge in [0.15, 0.2) is 0 Å². The highest BCUT2D eigenvalue weighted by Crippen LogP contribution is 2.31. The average molecular weight is 343 g/mol. The number of nitrogens with zero attached hydrogens (tertiary/aromatic N) is 1. The van der Waals surface area contributed by atoms with Crippen molar-refractivity contribution < 1.29 is 18.4 Å². The Morgan fingerprint density at radius 1 is 1.30 bits per heavy atom. The summed E-state index contributed by atoms with van der Waals surface area (Å²) in [5.74, 6) is -3.23. The molecule has 1 saturated heterocycles. The van der Waals surface area contributed by atoms with Crippen molar-refractivity contribution in [2.75, 3.05) is 25.0 Å². The van der Waals surface area contributed by atoms with E-state index in [9.17, 15) is 18.4 Å². The number of rotatable bonds is 6. The lowest BCUT2D eigenvalue weighted by Crippen LogP contribution is -2.42. The zero-order chi connectivity index (χ0) is 16.8. The van der Waals surface area contributed by atoms with E-state index in [2.05, 4.69) is 5.32 Å². The molecule has 0 spiro atoms. The van der Waals surface area contributed by atoms with Gasteiger partial charge in [-0.15, -0.1) is 0 Å². The number of hydrogen-bond donors (Lipinski definition) is 2. The number of anilines is 1. The number of carbonyl (C=O) groups is 2. The molecule has 8 heteroatoms. The fraction of sp³-hybridized carbons (Fsp3) is 0.467. The van der Waals surface area contributed by atoms with Crippen LogP contribution in [-0.2, 0) is 9.59 Å². The van der Waals surface area contributed by atoms with Gasteiger partial charge in [-0.25, -0.2) is 0 Å². The van der Waals surface area contributed by atoms with Gasteiger partial charge < -0.3 is 11.1 Å². The number of likely N-dealkylation sites (tertiary alicyclic amines) is 1. The average Bonchev–Trinajstić information content (AvgIpc) is 2.49.